The number of aliphatic imine (C=N–C) groups is 1. The number of fused-ring (bicyclic) bond motifs is 5. The molecule has 0 amide bonds. The van der Waals surface area contributed by atoms with Crippen LogP contribution in [0, 0.1) is 57.6 Å². The number of nitrogens with zero attached hydrogens (tertiary/aromatic N) is 4. The van der Waals surface area contributed by atoms with Crippen LogP contribution >= 0.6 is 0 Å². The number of hydrogen-bond acceptors (Lipinski definition) is 4. The van der Waals surface area contributed by atoms with E-state index in [1.807, 2.05) is 12.3 Å². The van der Waals surface area contributed by atoms with E-state index in [1.54, 1.807) is 0 Å². The Hall–Kier alpha value is -4.99. The average Bonchev–Trinajstić information content (AvgIpc) is 3.63. The predicted octanol–water partition coefficient (Wildman–Crippen LogP) is 13.5. The van der Waals surface area contributed by atoms with Crippen molar-refractivity contribution in [2.45, 2.75) is 100 Å². The van der Waals surface area contributed by atoms with Crippen LogP contribution in [0.2, 0.25) is 0 Å². The molecule has 2 aliphatic heterocycles. The van der Waals surface area contributed by atoms with Crippen molar-refractivity contribution in [2.75, 3.05) is 4.90 Å². The van der Waals surface area contributed by atoms with Crippen molar-refractivity contribution in [1.29, 1.82) is 0 Å². The molecule has 0 radical (unpaired) electrons. The maximum absolute atomic E-state index is 7.05. The molecule has 4 heterocycles. The fraction of sp³-hybridized carbons (Fsp3) is 0.333. The number of ether oxygens (including phenoxy) is 1. The molecule has 0 fully saturated rings. The fourth-order valence-corrected chi connectivity index (χ4v) is 10.5. The molecule has 0 saturated carbocycles. The molecule has 0 unspecified atom stereocenters. The molecule has 0 spiro atoms. The Bertz CT molecular complexity index is 2800. The number of pyridine rings is 1. The minimum atomic E-state index is -0.313. The first-order valence-electron chi connectivity index (χ1n) is 21.3. The van der Waals surface area contributed by atoms with Gasteiger partial charge in [0, 0.05) is 39.9 Å². The van der Waals surface area contributed by atoms with E-state index in [9.17, 15) is 0 Å². The molecule has 0 aliphatic carbocycles. The second-order valence-corrected chi connectivity index (χ2v) is 18.9. The number of para-hydroxylation sites is 1. The number of aryl methyl sites for hydroxylation is 4. The van der Waals surface area contributed by atoms with Crippen molar-refractivity contribution in [1.82, 2.24) is 9.55 Å². The van der Waals surface area contributed by atoms with Gasteiger partial charge in [-0.25, -0.2) is 4.98 Å². The second-order valence-electron chi connectivity index (χ2n) is 18.9. The predicted molar refractivity (Wildman–Crippen MR) is 246 cm³/mol. The monoisotopic (exact) mass is 971 g/mol. The Kier molecular flexibility index (Phi) is 10.6. The summed E-state index contributed by atoms with van der Waals surface area (Å²) in [4.78, 5) is 13.3. The summed E-state index contributed by atoms with van der Waals surface area (Å²) in [6.45, 7) is 27.5. The first-order valence-corrected chi connectivity index (χ1v) is 21.3. The third-order valence-electron chi connectivity index (χ3n) is 13.3. The molecule has 0 saturated heterocycles. The molecule has 0 bridgehead atoms. The molecular weight excluding hydrogens is 916 g/mol. The van der Waals surface area contributed by atoms with Gasteiger partial charge in [0.25, 0.3) is 0 Å². The van der Waals surface area contributed by atoms with Crippen LogP contribution < -0.4 is 9.64 Å². The molecule has 2 aromatic heterocycles. The normalized spacial score (nSPS) is 16.5. The quantitative estimate of drug-likeness (QED) is 0.143. The van der Waals surface area contributed by atoms with Gasteiger partial charge in [-0.3, -0.25) is 0 Å². The Labute approximate surface area is 371 Å². The van der Waals surface area contributed by atoms with Gasteiger partial charge in [-0.15, -0.1) is 28.6 Å². The van der Waals surface area contributed by atoms with Crippen molar-refractivity contribution in [3.63, 3.8) is 0 Å². The van der Waals surface area contributed by atoms with Crippen LogP contribution in [0.15, 0.2) is 102 Å². The van der Waals surface area contributed by atoms with Crippen LogP contribution in [0.1, 0.15) is 94.3 Å². The summed E-state index contributed by atoms with van der Waals surface area (Å²) in [6.07, 6.45) is 1.90. The molecule has 6 heteroatoms. The van der Waals surface area contributed by atoms with E-state index >= 15 is 0 Å². The van der Waals surface area contributed by atoms with Crippen LogP contribution in [0.5, 0.6) is 11.5 Å². The van der Waals surface area contributed by atoms with Gasteiger partial charge < -0.3 is 19.2 Å². The average molecular weight is 972 g/mol. The van der Waals surface area contributed by atoms with Crippen LogP contribution in [-0.4, -0.2) is 27.0 Å². The van der Waals surface area contributed by atoms with Crippen molar-refractivity contribution in [3.05, 3.63) is 148 Å². The molecular formula is C54H56N4OPt. The molecule has 9 rings (SSSR count). The van der Waals surface area contributed by atoms with Crippen LogP contribution in [0.25, 0.3) is 38.8 Å². The zero-order chi connectivity index (χ0) is 41.7. The van der Waals surface area contributed by atoms with Gasteiger partial charge in [0.1, 0.15) is 5.82 Å². The van der Waals surface area contributed by atoms with Gasteiger partial charge in [-0.05, 0) is 86.1 Å². The summed E-state index contributed by atoms with van der Waals surface area (Å²) >= 11 is 0. The van der Waals surface area contributed by atoms with Gasteiger partial charge in [0.05, 0.1) is 17.4 Å². The third-order valence-corrected chi connectivity index (χ3v) is 13.3. The number of benzene rings is 5. The molecule has 60 heavy (non-hydrogen) atoms. The standard InChI is InChI=1S/C54H56N4O.Pt/c1-31(2)47(32(3)4)50-54(11,12)58(48-34(6)18-16-19-35(48)7)51(56-50)39-27-38(37-20-14-13-15-21-37)28-40(29-39)59-46-30-45-41(26-36(46)8)42-24-33(5)25-44-49(42)57(45)52-43(53(44,9)10)22-17-23-55-52;/h13-28,31-32,47,50H,1-12H3;/q-2;+2/t50-;/m1./s1. The van der Waals surface area contributed by atoms with Crippen LogP contribution in [-0.2, 0) is 26.5 Å². The molecule has 7 aromatic rings. The molecule has 1 atom stereocenters. The van der Waals surface area contributed by atoms with Crippen molar-refractivity contribution in [2.24, 2.45) is 22.7 Å². The summed E-state index contributed by atoms with van der Waals surface area (Å²) in [5.74, 6) is 4.46. The molecule has 308 valence electrons. The topological polar surface area (TPSA) is 42.6 Å². The van der Waals surface area contributed by atoms with Gasteiger partial charge in [0.15, 0.2) is 0 Å². The van der Waals surface area contributed by atoms with Gasteiger partial charge in [0.2, 0.25) is 0 Å². The Morgan fingerprint density at radius 1 is 0.700 bits per heavy atom. The van der Waals surface area contributed by atoms with Gasteiger partial charge in [-0.2, -0.15) is 6.07 Å². The minimum Gasteiger partial charge on any atom is -0.503 e. The summed E-state index contributed by atoms with van der Waals surface area (Å²) < 4.78 is 9.35. The second kappa shape index (κ2) is 15.2. The largest absolute Gasteiger partial charge is 2.00 e. The maximum Gasteiger partial charge on any atom is 2.00 e. The van der Waals surface area contributed by atoms with Gasteiger partial charge in [-0.1, -0.05) is 144 Å². The number of rotatable bonds is 8. The Balaban J connectivity index is 0.00000499. The van der Waals surface area contributed by atoms with Crippen molar-refractivity contribution < 1.29 is 25.8 Å². The van der Waals surface area contributed by atoms with E-state index in [1.165, 1.54) is 44.4 Å². The van der Waals surface area contributed by atoms with Crippen molar-refractivity contribution >= 4 is 33.3 Å². The zero-order valence-corrected chi connectivity index (χ0v) is 39.3. The molecule has 5 aromatic carbocycles. The number of anilines is 1. The van der Waals surface area contributed by atoms with Crippen LogP contribution in [0.4, 0.5) is 5.69 Å². The number of aromatic nitrogens is 2. The molecule has 2 aliphatic rings. The van der Waals surface area contributed by atoms with E-state index in [2.05, 4.69) is 190 Å². The molecule has 0 N–H and O–H groups in total. The minimum absolute atomic E-state index is 0. The molecule has 5 nitrogen and oxygen atoms in total. The number of amidine groups is 1. The summed E-state index contributed by atoms with van der Waals surface area (Å²) in [6, 6.07) is 40.3. The first kappa shape index (κ1) is 41.7. The maximum atomic E-state index is 7.05. The number of hydrogen-bond donors (Lipinski definition) is 0. The smallest absolute Gasteiger partial charge is 0.503 e. The summed E-state index contributed by atoms with van der Waals surface area (Å²) in [5, 5.41) is 2.36. The van der Waals surface area contributed by atoms with Crippen molar-refractivity contribution in [3.8, 4) is 28.4 Å². The fourth-order valence-electron chi connectivity index (χ4n) is 10.5. The first-order chi connectivity index (χ1) is 28.1. The summed E-state index contributed by atoms with van der Waals surface area (Å²) in [5.41, 5.74) is 13.1. The van der Waals surface area contributed by atoms with E-state index in [0.717, 1.165) is 44.8 Å². The van der Waals surface area contributed by atoms with E-state index < -0.39 is 0 Å². The Morgan fingerprint density at radius 3 is 2.08 bits per heavy atom. The van der Waals surface area contributed by atoms with E-state index in [-0.39, 0.29) is 38.1 Å². The van der Waals surface area contributed by atoms with Crippen LogP contribution in [0.3, 0.4) is 0 Å². The van der Waals surface area contributed by atoms with Gasteiger partial charge >= 0.3 is 21.1 Å². The van der Waals surface area contributed by atoms with E-state index in [4.69, 9.17) is 14.7 Å². The van der Waals surface area contributed by atoms with E-state index in [0.29, 0.717) is 29.3 Å². The zero-order valence-electron chi connectivity index (χ0n) is 37.1. The Morgan fingerprint density at radius 2 is 1.40 bits per heavy atom. The SMILES string of the molecule is Cc1cc2c3c(c1)c1cc(C)c(Oc4[c-]c(C5=N[C@H](C(C(C)C)C(C)C)C(C)(C)N5c5c(C)cccc5C)cc(-c5ccccc5)c4)[c-]c1n3-c1ncccc1C2(C)C.[Pt+2]. The summed E-state index contributed by atoms with van der Waals surface area (Å²) in [7, 11) is 0. The third kappa shape index (κ3) is 6.55.